The number of aryl methyl sites for hydroxylation is 1. The predicted octanol–water partition coefficient (Wildman–Crippen LogP) is 5.51. The third-order valence-corrected chi connectivity index (χ3v) is 5.28. The summed E-state index contributed by atoms with van der Waals surface area (Å²) in [6.45, 7) is 2.91. The molecule has 150 valence electrons. The van der Waals surface area contributed by atoms with E-state index in [0.717, 1.165) is 48.9 Å². The number of Topliss-reactive ketones (excluding diaryl/α,β-unsaturated/α-hetero) is 1. The van der Waals surface area contributed by atoms with Gasteiger partial charge in [-0.05, 0) is 76.0 Å². The standard InChI is InChI=1S/C24H29NO2.ClH/c1-17-7-4-9-19(13-17)24(27)20-10-5-11-21(16-25(2)3)23(15-20)18-8-6-12-22(26)14-18;/h4,6-9,12-14,20,26H,5,10-11,15-16H2,1-3H3;1H. The van der Waals surface area contributed by atoms with Gasteiger partial charge in [0.15, 0.2) is 5.78 Å². The van der Waals surface area contributed by atoms with Crippen LogP contribution in [0.3, 0.4) is 0 Å². The Bertz CT molecular complexity index is 857. The highest BCUT2D eigenvalue weighted by molar-refractivity contribution is 5.99. The molecule has 1 N–H and O–H groups in total. The van der Waals surface area contributed by atoms with E-state index in [2.05, 4.69) is 19.0 Å². The number of halogens is 1. The van der Waals surface area contributed by atoms with Crippen LogP contribution >= 0.6 is 12.4 Å². The van der Waals surface area contributed by atoms with Gasteiger partial charge in [0.05, 0.1) is 0 Å². The number of benzene rings is 2. The van der Waals surface area contributed by atoms with Crippen LogP contribution in [0.25, 0.3) is 5.57 Å². The Hall–Kier alpha value is -2.10. The largest absolute Gasteiger partial charge is 0.508 e. The summed E-state index contributed by atoms with van der Waals surface area (Å²) in [5, 5.41) is 9.97. The lowest BCUT2D eigenvalue weighted by atomic mass is 9.86. The Kier molecular flexibility index (Phi) is 7.85. The number of carbonyl (C=O) groups is 1. The number of likely N-dealkylation sites (N-methyl/N-ethyl adjacent to an activating group) is 1. The van der Waals surface area contributed by atoms with Crippen LogP contribution in [0.2, 0.25) is 0 Å². The summed E-state index contributed by atoms with van der Waals surface area (Å²) in [7, 11) is 4.15. The van der Waals surface area contributed by atoms with Crippen molar-refractivity contribution in [2.24, 2.45) is 5.92 Å². The first-order chi connectivity index (χ1) is 12.9. The Labute approximate surface area is 174 Å². The van der Waals surface area contributed by atoms with Gasteiger partial charge in [-0.25, -0.2) is 0 Å². The van der Waals surface area contributed by atoms with Gasteiger partial charge in [0.1, 0.15) is 5.75 Å². The molecule has 0 aromatic heterocycles. The molecule has 0 aliphatic heterocycles. The lowest BCUT2D eigenvalue weighted by Crippen LogP contribution is -2.17. The van der Waals surface area contributed by atoms with Crippen molar-refractivity contribution in [1.82, 2.24) is 4.90 Å². The maximum Gasteiger partial charge on any atom is 0.166 e. The molecule has 2 aromatic carbocycles. The maximum atomic E-state index is 13.2. The number of aromatic hydroxyl groups is 1. The van der Waals surface area contributed by atoms with Crippen molar-refractivity contribution in [3.8, 4) is 5.75 Å². The lowest BCUT2D eigenvalue weighted by Gasteiger charge is -2.19. The minimum absolute atomic E-state index is 0. The van der Waals surface area contributed by atoms with Crippen molar-refractivity contribution < 1.29 is 9.90 Å². The third-order valence-electron chi connectivity index (χ3n) is 5.28. The fourth-order valence-electron chi connectivity index (χ4n) is 4.04. The minimum Gasteiger partial charge on any atom is -0.508 e. The molecule has 2 aromatic rings. The highest BCUT2D eigenvalue weighted by Gasteiger charge is 2.26. The molecule has 0 amide bonds. The van der Waals surface area contributed by atoms with Crippen LogP contribution in [-0.2, 0) is 0 Å². The second-order valence-corrected chi connectivity index (χ2v) is 7.90. The molecule has 0 bridgehead atoms. The number of phenols is 1. The van der Waals surface area contributed by atoms with E-state index >= 15 is 0 Å². The first kappa shape index (κ1) is 22.2. The average Bonchev–Trinajstić information content (AvgIpc) is 2.83. The number of ketones is 1. The molecule has 0 fully saturated rings. The Morgan fingerprint density at radius 3 is 2.57 bits per heavy atom. The van der Waals surface area contributed by atoms with E-state index in [1.807, 2.05) is 49.4 Å². The molecule has 3 nitrogen and oxygen atoms in total. The first-order valence-corrected chi connectivity index (χ1v) is 9.70. The van der Waals surface area contributed by atoms with Gasteiger partial charge in [0.25, 0.3) is 0 Å². The quantitative estimate of drug-likeness (QED) is 0.674. The highest BCUT2D eigenvalue weighted by atomic mass is 35.5. The van der Waals surface area contributed by atoms with Gasteiger partial charge in [-0.3, -0.25) is 4.79 Å². The van der Waals surface area contributed by atoms with Gasteiger partial charge < -0.3 is 10.0 Å². The monoisotopic (exact) mass is 399 g/mol. The number of nitrogens with zero attached hydrogens (tertiary/aromatic N) is 1. The van der Waals surface area contributed by atoms with Gasteiger partial charge in [0, 0.05) is 18.0 Å². The Morgan fingerprint density at radius 1 is 1.14 bits per heavy atom. The molecule has 1 atom stereocenters. The Morgan fingerprint density at radius 2 is 1.89 bits per heavy atom. The van der Waals surface area contributed by atoms with Crippen LogP contribution in [0.15, 0.2) is 54.1 Å². The number of phenolic OH excluding ortho intramolecular Hbond substituents is 1. The summed E-state index contributed by atoms with van der Waals surface area (Å²) in [6.07, 6.45) is 3.67. The van der Waals surface area contributed by atoms with E-state index in [1.54, 1.807) is 6.07 Å². The molecule has 0 saturated heterocycles. The molecule has 0 radical (unpaired) electrons. The van der Waals surface area contributed by atoms with Crippen LogP contribution < -0.4 is 0 Å². The first-order valence-electron chi connectivity index (χ1n) is 9.70. The fourth-order valence-corrected chi connectivity index (χ4v) is 4.04. The zero-order valence-corrected chi connectivity index (χ0v) is 17.8. The van der Waals surface area contributed by atoms with E-state index in [1.165, 1.54) is 11.1 Å². The Balaban J connectivity index is 0.00000280. The van der Waals surface area contributed by atoms with Crippen LogP contribution in [0.4, 0.5) is 0 Å². The molecule has 1 aliphatic rings. The van der Waals surface area contributed by atoms with Gasteiger partial charge in [-0.15, -0.1) is 12.4 Å². The summed E-state index contributed by atoms with van der Waals surface area (Å²) in [4.78, 5) is 15.4. The van der Waals surface area contributed by atoms with E-state index in [4.69, 9.17) is 0 Å². The molecule has 0 spiro atoms. The van der Waals surface area contributed by atoms with Crippen molar-refractivity contribution in [3.63, 3.8) is 0 Å². The summed E-state index contributed by atoms with van der Waals surface area (Å²) in [5.41, 5.74) is 5.57. The summed E-state index contributed by atoms with van der Waals surface area (Å²) < 4.78 is 0. The van der Waals surface area contributed by atoms with Crippen molar-refractivity contribution in [1.29, 1.82) is 0 Å². The van der Waals surface area contributed by atoms with Gasteiger partial charge in [0.2, 0.25) is 0 Å². The number of allylic oxidation sites excluding steroid dienone is 1. The SMILES string of the molecule is Cc1cccc(C(=O)C2CCCC(CN(C)C)=C(c3cccc(O)c3)C2)c1.Cl. The number of hydrogen-bond acceptors (Lipinski definition) is 3. The lowest BCUT2D eigenvalue weighted by molar-refractivity contribution is 0.0915. The van der Waals surface area contributed by atoms with Crippen molar-refractivity contribution in [3.05, 3.63) is 70.8 Å². The number of rotatable bonds is 5. The fraction of sp³-hybridized carbons (Fsp3) is 0.375. The van der Waals surface area contributed by atoms with Crippen LogP contribution in [0.1, 0.15) is 47.2 Å². The molecular weight excluding hydrogens is 370 g/mol. The minimum atomic E-state index is -0.0104. The van der Waals surface area contributed by atoms with Gasteiger partial charge >= 0.3 is 0 Å². The van der Waals surface area contributed by atoms with Gasteiger partial charge in [-0.2, -0.15) is 0 Å². The van der Waals surface area contributed by atoms with Gasteiger partial charge in [-0.1, -0.05) is 41.5 Å². The molecule has 0 heterocycles. The molecular formula is C24H30ClNO2. The normalized spacial score (nSPS) is 17.2. The molecule has 1 aliphatic carbocycles. The zero-order chi connectivity index (χ0) is 19.4. The number of hydrogen-bond donors (Lipinski definition) is 1. The van der Waals surface area contributed by atoms with Crippen molar-refractivity contribution in [2.75, 3.05) is 20.6 Å². The molecule has 3 rings (SSSR count). The van der Waals surface area contributed by atoms with Crippen LogP contribution in [0.5, 0.6) is 5.75 Å². The van der Waals surface area contributed by atoms with Crippen LogP contribution in [-0.4, -0.2) is 36.4 Å². The topological polar surface area (TPSA) is 40.5 Å². The molecule has 1 unspecified atom stereocenters. The van der Waals surface area contributed by atoms with Crippen LogP contribution in [0, 0.1) is 12.8 Å². The smallest absolute Gasteiger partial charge is 0.166 e. The third kappa shape index (κ3) is 5.46. The van der Waals surface area contributed by atoms with E-state index in [0.29, 0.717) is 0 Å². The second-order valence-electron chi connectivity index (χ2n) is 7.90. The van der Waals surface area contributed by atoms with Crippen molar-refractivity contribution >= 4 is 23.8 Å². The maximum absolute atomic E-state index is 13.2. The highest BCUT2D eigenvalue weighted by Crippen LogP contribution is 2.37. The summed E-state index contributed by atoms with van der Waals surface area (Å²) in [6, 6.07) is 15.4. The van der Waals surface area contributed by atoms with E-state index in [-0.39, 0.29) is 29.9 Å². The summed E-state index contributed by atoms with van der Waals surface area (Å²) in [5.74, 6) is 0.501. The van der Waals surface area contributed by atoms with E-state index in [9.17, 15) is 9.90 Å². The van der Waals surface area contributed by atoms with Crippen molar-refractivity contribution in [2.45, 2.75) is 32.6 Å². The zero-order valence-electron chi connectivity index (χ0n) is 16.9. The second kappa shape index (κ2) is 9.90. The predicted molar refractivity (Wildman–Crippen MR) is 118 cm³/mol. The molecule has 28 heavy (non-hydrogen) atoms. The molecule has 4 heteroatoms. The average molecular weight is 400 g/mol. The number of carbonyl (C=O) groups excluding carboxylic acids is 1. The summed E-state index contributed by atoms with van der Waals surface area (Å²) >= 11 is 0. The molecule has 0 saturated carbocycles. The van der Waals surface area contributed by atoms with E-state index < -0.39 is 0 Å².